The molecule has 7 heteroatoms. The second-order valence-electron chi connectivity index (χ2n) is 4.22. The second kappa shape index (κ2) is 5.25. The normalized spacial score (nSPS) is 11.6. The van der Waals surface area contributed by atoms with Crippen molar-refractivity contribution in [1.82, 2.24) is 10.2 Å². The summed E-state index contributed by atoms with van der Waals surface area (Å²) in [5, 5.41) is 9.03. The number of aromatic nitrogens is 2. The number of halogens is 3. The first-order valence-corrected chi connectivity index (χ1v) is 6.85. The van der Waals surface area contributed by atoms with E-state index in [0.717, 1.165) is 10.6 Å². The number of nitrogens with zero attached hydrogens (tertiary/aromatic N) is 1. The Morgan fingerprint density at radius 3 is 2.48 bits per heavy atom. The lowest BCUT2D eigenvalue weighted by molar-refractivity contribution is -0.274. The SMILES string of the molecule is FC(F)(F)Oc1ccc(-c2cc(-c3cccs3)[nH]n2)cc1. The van der Waals surface area contributed by atoms with E-state index in [9.17, 15) is 13.2 Å². The highest BCUT2D eigenvalue weighted by Crippen LogP contribution is 2.29. The van der Waals surface area contributed by atoms with Gasteiger partial charge in [0.15, 0.2) is 0 Å². The molecule has 0 radical (unpaired) electrons. The summed E-state index contributed by atoms with van der Waals surface area (Å²) < 4.78 is 40.1. The molecule has 0 fully saturated rings. The number of thiophene rings is 1. The summed E-state index contributed by atoms with van der Waals surface area (Å²) in [6, 6.07) is 11.4. The van der Waals surface area contributed by atoms with Crippen molar-refractivity contribution < 1.29 is 17.9 Å². The topological polar surface area (TPSA) is 37.9 Å². The third-order valence-electron chi connectivity index (χ3n) is 2.75. The number of alkyl halides is 3. The van der Waals surface area contributed by atoms with E-state index in [1.54, 1.807) is 11.3 Å². The van der Waals surface area contributed by atoms with Gasteiger partial charge in [-0.05, 0) is 41.8 Å². The molecule has 0 aliphatic rings. The van der Waals surface area contributed by atoms with Crippen LogP contribution in [-0.2, 0) is 0 Å². The quantitative estimate of drug-likeness (QED) is 0.761. The number of rotatable bonds is 3. The van der Waals surface area contributed by atoms with Gasteiger partial charge in [-0.3, -0.25) is 5.10 Å². The van der Waals surface area contributed by atoms with Crippen molar-refractivity contribution in [1.29, 1.82) is 0 Å². The van der Waals surface area contributed by atoms with Crippen molar-refractivity contribution in [2.75, 3.05) is 0 Å². The van der Waals surface area contributed by atoms with E-state index in [2.05, 4.69) is 14.9 Å². The summed E-state index contributed by atoms with van der Waals surface area (Å²) in [6.45, 7) is 0. The van der Waals surface area contributed by atoms with Gasteiger partial charge in [0.25, 0.3) is 0 Å². The minimum atomic E-state index is -4.68. The van der Waals surface area contributed by atoms with Crippen LogP contribution in [0.2, 0.25) is 0 Å². The van der Waals surface area contributed by atoms with Crippen LogP contribution < -0.4 is 4.74 Å². The molecule has 1 N–H and O–H groups in total. The predicted octanol–water partition coefficient (Wildman–Crippen LogP) is 4.70. The summed E-state index contributed by atoms with van der Waals surface area (Å²) in [5.41, 5.74) is 2.25. The van der Waals surface area contributed by atoms with Crippen LogP contribution in [0.15, 0.2) is 47.8 Å². The van der Waals surface area contributed by atoms with Gasteiger partial charge in [0.05, 0.1) is 16.3 Å². The number of nitrogens with one attached hydrogen (secondary N) is 1. The average molecular weight is 310 g/mol. The zero-order valence-corrected chi connectivity index (χ0v) is 11.3. The van der Waals surface area contributed by atoms with Crippen LogP contribution in [0.3, 0.4) is 0 Å². The highest BCUT2D eigenvalue weighted by molar-refractivity contribution is 7.13. The van der Waals surface area contributed by atoms with Gasteiger partial charge in [-0.2, -0.15) is 5.10 Å². The zero-order valence-electron chi connectivity index (χ0n) is 10.5. The third-order valence-corrected chi connectivity index (χ3v) is 3.65. The Morgan fingerprint density at radius 2 is 1.86 bits per heavy atom. The maximum atomic E-state index is 12.1. The van der Waals surface area contributed by atoms with Crippen molar-refractivity contribution in [3.05, 3.63) is 47.8 Å². The van der Waals surface area contributed by atoms with Gasteiger partial charge >= 0.3 is 6.36 Å². The van der Waals surface area contributed by atoms with Crippen molar-refractivity contribution in [2.24, 2.45) is 0 Å². The largest absolute Gasteiger partial charge is 0.573 e. The summed E-state index contributed by atoms with van der Waals surface area (Å²) in [4.78, 5) is 1.05. The molecule has 0 saturated heterocycles. The summed E-state index contributed by atoms with van der Waals surface area (Å²) in [6.07, 6.45) is -4.68. The average Bonchev–Trinajstić information content (AvgIpc) is 3.09. The number of hydrogen-bond acceptors (Lipinski definition) is 3. The predicted molar refractivity (Wildman–Crippen MR) is 74.0 cm³/mol. The fraction of sp³-hybridized carbons (Fsp3) is 0.0714. The van der Waals surface area contributed by atoms with E-state index in [4.69, 9.17) is 0 Å². The number of H-pyrrole nitrogens is 1. The van der Waals surface area contributed by atoms with Gasteiger partial charge in [0, 0.05) is 5.56 Å². The van der Waals surface area contributed by atoms with Crippen molar-refractivity contribution in [3.63, 3.8) is 0 Å². The Hall–Kier alpha value is -2.28. The molecule has 21 heavy (non-hydrogen) atoms. The van der Waals surface area contributed by atoms with E-state index in [1.807, 2.05) is 23.6 Å². The first-order valence-electron chi connectivity index (χ1n) is 5.97. The molecule has 108 valence electrons. The number of benzene rings is 1. The van der Waals surface area contributed by atoms with Crippen molar-refractivity contribution in [3.8, 4) is 27.6 Å². The second-order valence-corrected chi connectivity index (χ2v) is 5.16. The Kier molecular flexibility index (Phi) is 3.42. The number of aromatic amines is 1. The standard InChI is InChI=1S/C14H9F3N2OS/c15-14(16,17)20-10-5-3-9(4-6-10)11-8-12(19-18-11)13-2-1-7-21-13/h1-8H,(H,18,19). The molecule has 2 heterocycles. The van der Waals surface area contributed by atoms with Crippen LogP contribution in [0.1, 0.15) is 0 Å². The molecule has 0 aliphatic carbocycles. The molecule has 3 nitrogen and oxygen atoms in total. The first kappa shape index (κ1) is 13.7. The molecule has 0 atom stereocenters. The molecule has 3 rings (SSSR count). The molecule has 0 unspecified atom stereocenters. The van der Waals surface area contributed by atoms with Gasteiger partial charge in [0.1, 0.15) is 5.75 Å². The van der Waals surface area contributed by atoms with Crippen LogP contribution in [0.4, 0.5) is 13.2 Å². The monoisotopic (exact) mass is 310 g/mol. The van der Waals surface area contributed by atoms with Gasteiger partial charge in [0.2, 0.25) is 0 Å². The van der Waals surface area contributed by atoms with E-state index >= 15 is 0 Å². The lowest BCUT2D eigenvalue weighted by Gasteiger charge is -2.08. The maximum Gasteiger partial charge on any atom is 0.573 e. The molecular formula is C14H9F3N2OS. The van der Waals surface area contributed by atoms with Gasteiger partial charge in [-0.25, -0.2) is 0 Å². The molecule has 0 bridgehead atoms. The van der Waals surface area contributed by atoms with Crippen LogP contribution in [0.25, 0.3) is 21.8 Å². The molecule has 2 aromatic heterocycles. The van der Waals surface area contributed by atoms with Crippen LogP contribution >= 0.6 is 11.3 Å². The van der Waals surface area contributed by atoms with E-state index in [-0.39, 0.29) is 5.75 Å². The molecule has 0 aliphatic heterocycles. The fourth-order valence-corrected chi connectivity index (χ4v) is 2.55. The van der Waals surface area contributed by atoms with Gasteiger partial charge in [-0.15, -0.1) is 24.5 Å². The minimum Gasteiger partial charge on any atom is -0.406 e. The lowest BCUT2D eigenvalue weighted by Crippen LogP contribution is -2.16. The Labute approximate surface area is 122 Å². The Bertz CT molecular complexity index is 718. The fourth-order valence-electron chi connectivity index (χ4n) is 1.86. The Balaban J connectivity index is 1.81. The van der Waals surface area contributed by atoms with Crippen LogP contribution in [0, 0.1) is 0 Å². The van der Waals surface area contributed by atoms with Crippen LogP contribution in [0.5, 0.6) is 5.75 Å². The highest BCUT2D eigenvalue weighted by Gasteiger charge is 2.30. The number of ether oxygens (including phenoxy) is 1. The summed E-state index contributed by atoms with van der Waals surface area (Å²) in [7, 11) is 0. The van der Waals surface area contributed by atoms with E-state index in [0.29, 0.717) is 11.3 Å². The number of hydrogen-bond donors (Lipinski definition) is 1. The third kappa shape index (κ3) is 3.25. The molecule has 3 aromatic rings. The first-order chi connectivity index (χ1) is 10.0. The van der Waals surface area contributed by atoms with Gasteiger partial charge < -0.3 is 4.74 Å². The maximum absolute atomic E-state index is 12.1. The Morgan fingerprint density at radius 1 is 1.10 bits per heavy atom. The molecular weight excluding hydrogens is 301 g/mol. The van der Waals surface area contributed by atoms with Crippen molar-refractivity contribution in [2.45, 2.75) is 6.36 Å². The summed E-state index contributed by atoms with van der Waals surface area (Å²) >= 11 is 1.58. The summed E-state index contributed by atoms with van der Waals surface area (Å²) in [5.74, 6) is -0.250. The van der Waals surface area contributed by atoms with Crippen molar-refractivity contribution >= 4 is 11.3 Å². The highest BCUT2D eigenvalue weighted by atomic mass is 32.1. The van der Waals surface area contributed by atoms with E-state index in [1.165, 1.54) is 24.3 Å². The smallest absolute Gasteiger partial charge is 0.406 e. The molecule has 0 saturated carbocycles. The molecule has 0 spiro atoms. The van der Waals surface area contributed by atoms with Crippen LogP contribution in [-0.4, -0.2) is 16.6 Å². The molecule has 0 amide bonds. The zero-order chi connectivity index (χ0) is 14.9. The van der Waals surface area contributed by atoms with E-state index < -0.39 is 6.36 Å². The van der Waals surface area contributed by atoms with Gasteiger partial charge in [-0.1, -0.05) is 6.07 Å². The minimum absolute atomic E-state index is 0.250. The lowest BCUT2D eigenvalue weighted by atomic mass is 10.1. The molecule has 1 aromatic carbocycles.